The van der Waals surface area contributed by atoms with Crippen molar-refractivity contribution in [2.45, 2.75) is 58.2 Å². The highest BCUT2D eigenvalue weighted by Gasteiger charge is 2.18. The third-order valence-corrected chi connectivity index (χ3v) is 4.75. The van der Waals surface area contributed by atoms with Crippen molar-refractivity contribution in [1.29, 1.82) is 0 Å². The van der Waals surface area contributed by atoms with Gasteiger partial charge in [-0.1, -0.05) is 19.8 Å². The lowest BCUT2D eigenvalue weighted by Gasteiger charge is -2.27. The van der Waals surface area contributed by atoms with E-state index in [9.17, 15) is 4.79 Å². The molecule has 110 valence electrons. The van der Waals surface area contributed by atoms with Gasteiger partial charge in [0.2, 0.25) is 0 Å². The molecule has 0 bridgehead atoms. The van der Waals surface area contributed by atoms with E-state index in [0.29, 0.717) is 12.6 Å². The molecule has 1 fully saturated rings. The number of H-pyrrole nitrogens is 1. The van der Waals surface area contributed by atoms with Crippen molar-refractivity contribution < 1.29 is 0 Å². The summed E-state index contributed by atoms with van der Waals surface area (Å²) in [5, 5.41) is 3.54. The third kappa shape index (κ3) is 2.96. The molecule has 4 heteroatoms. The smallest absolute Gasteiger partial charge is 0.252 e. The number of nitrogens with zero attached hydrogens (tertiary/aromatic N) is 1. The predicted molar refractivity (Wildman–Crippen MR) is 80.8 cm³/mol. The molecule has 1 aromatic rings. The average Bonchev–Trinajstić information content (AvgIpc) is 2.98. The molecule has 0 spiro atoms. The number of rotatable bonds is 4. The molecule has 4 nitrogen and oxygen atoms in total. The Morgan fingerprint density at radius 3 is 2.95 bits per heavy atom. The second kappa shape index (κ2) is 6.10. The van der Waals surface area contributed by atoms with Crippen molar-refractivity contribution in [2.24, 2.45) is 0 Å². The molecule has 2 N–H and O–H groups in total. The van der Waals surface area contributed by atoms with Gasteiger partial charge in [-0.2, -0.15) is 0 Å². The summed E-state index contributed by atoms with van der Waals surface area (Å²) in [6, 6.07) is 2.73. The molecule has 0 aromatic carbocycles. The SMILES string of the molecule is CCN1CCc2[nH]c(=O)c(CNC3CCCC3)cc2C1. The highest BCUT2D eigenvalue weighted by molar-refractivity contribution is 5.27. The first-order valence-electron chi connectivity index (χ1n) is 7.96. The van der Waals surface area contributed by atoms with Gasteiger partial charge in [-0.15, -0.1) is 0 Å². The van der Waals surface area contributed by atoms with E-state index in [1.54, 1.807) is 0 Å². The summed E-state index contributed by atoms with van der Waals surface area (Å²) < 4.78 is 0. The molecule has 0 saturated heterocycles. The maximum atomic E-state index is 12.1. The molecule has 1 aromatic heterocycles. The predicted octanol–water partition coefficient (Wildman–Crippen LogP) is 1.79. The summed E-state index contributed by atoms with van der Waals surface area (Å²) in [7, 11) is 0. The quantitative estimate of drug-likeness (QED) is 0.880. The van der Waals surface area contributed by atoms with Crippen molar-refractivity contribution in [2.75, 3.05) is 13.1 Å². The van der Waals surface area contributed by atoms with Crippen LogP contribution in [0, 0.1) is 0 Å². The highest BCUT2D eigenvalue weighted by Crippen LogP contribution is 2.19. The number of likely N-dealkylation sites (N-methyl/N-ethyl adjacent to an activating group) is 1. The molecule has 0 atom stereocenters. The lowest BCUT2D eigenvalue weighted by atomic mass is 10.0. The van der Waals surface area contributed by atoms with Gasteiger partial charge in [0.25, 0.3) is 5.56 Å². The van der Waals surface area contributed by atoms with Gasteiger partial charge in [-0.25, -0.2) is 0 Å². The Morgan fingerprint density at radius 1 is 1.40 bits per heavy atom. The highest BCUT2D eigenvalue weighted by atomic mass is 16.1. The van der Waals surface area contributed by atoms with Crippen LogP contribution in [0.4, 0.5) is 0 Å². The fourth-order valence-electron chi connectivity index (χ4n) is 3.40. The number of aromatic nitrogens is 1. The Hall–Kier alpha value is -1.13. The van der Waals surface area contributed by atoms with Crippen molar-refractivity contribution >= 4 is 0 Å². The van der Waals surface area contributed by atoms with Crippen molar-refractivity contribution in [3.05, 3.63) is 33.2 Å². The van der Waals surface area contributed by atoms with E-state index in [4.69, 9.17) is 0 Å². The number of fused-ring (bicyclic) bond motifs is 1. The Labute approximate surface area is 120 Å². The average molecular weight is 275 g/mol. The minimum atomic E-state index is 0.0965. The molecule has 1 saturated carbocycles. The summed E-state index contributed by atoms with van der Waals surface area (Å²) in [5.74, 6) is 0. The molecular formula is C16H25N3O. The number of hydrogen-bond acceptors (Lipinski definition) is 3. The molecular weight excluding hydrogens is 250 g/mol. The molecule has 0 radical (unpaired) electrons. The van der Waals surface area contributed by atoms with Crippen molar-refractivity contribution in [1.82, 2.24) is 15.2 Å². The van der Waals surface area contributed by atoms with Crippen LogP contribution in [-0.2, 0) is 19.5 Å². The van der Waals surface area contributed by atoms with Gasteiger partial charge < -0.3 is 10.3 Å². The minimum absolute atomic E-state index is 0.0965. The van der Waals surface area contributed by atoms with Crippen LogP contribution in [0.5, 0.6) is 0 Å². The first-order valence-corrected chi connectivity index (χ1v) is 7.96. The van der Waals surface area contributed by atoms with Gasteiger partial charge in [-0.3, -0.25) is 9.69 Å². The normalized spacial score (nSPS) is 20.2. The second-order valence-corrected chi connectivity index (χ2v) is 6.11. The summed E-state index contributed by atoms with van der Waals surface area (Å²) in [6.07, 6.45) is 6.13. The maximum Gasteiger partial charge on any atom is 0.252 e. The maximum absolute atomic E-state index is 12.1. The lowest BCUT2D eigenvalue weighted by molar-refractivity contribution is 0.265. The number of nitrogens with one attached hydrogen (secondary N) is 2. The van der Waals surface area contributed by atoms with Gasteiger partial charge in [0, 0.05) is 43.4 Å². The van der Waals surface area contributed by atoms with E-state index in [1.165, 1.54) is 31.2 Å². The zero-order valence-corrected chi connectivity index (χ0v) is 12.4. The zero-order chi connectivity index (χ0) is 13.9. The fraction of sp³-hybridized carbons (Fsp3) is 0.688. The molecule has 20 heavy (non-hydrogen) atoms. The summed E-state index contributed by atoms with van der Waals surface area (Å²) in [4.78, 5) is 17.7. The van der Waals surface area contributed by atoms with Gasteiger partial charge in [0.1, 0.15) is 0 Å². The molecule has 2 aliphatic rings. The molecule has 1 aliphatic carbocycles. The van der Waals surface area contributed by atoms with E-state index < -0.39 is 0 Å². The third-order valence-electron chi connectivity index (χ3n) is 4.75. The van der Waals surface area contributed by atoms with E-state index in [-0.39, 0.29) is 5.56 Å². The molecule has 0 amide bonds. The van der Waals surface area contributed by atoms with Gasteiger partial charge in [0.05, 0.1) is 0 Å². The van der Waals surface area contributed by atoms with Crippen molar-refractivity contribution in [3.63, 3.8) is 0 Å². The van der Waals surface area contributed by atoms with Crippen LogP contribution in [0.25, 0.3) is 0 Å². The van der Waals surface area contributed by atoms with E-state index in [1.807, 2.05) is 0 Å². The first kappa shape index (κ1) is 13.8. The van der Waals surface area contributed by atoms with Gasteiger partial charge in [0.15, 0.2) is 0 Å². The van der Waals surface area contributed by atoms with Crippen LogP contribution in [0.15, 0.2) is 10.9 Å². The summed E-state index contributed by atoms with van der Waals surface area (Å²) >= 11 is 0. The Balaban J connectivity index is 1.72. The molecule has 2 heterocycles. The van der Waals surface area contributed by atoms with Crippen LogP contribution in [0.1, 0.15) is 49.4 Å². The monoisotopic (exact) mass is 275 g/mol. The zero-order valence-electron chi connectivity index (χ0n) is 12.4. The van der Waals surface area contributed by atoms with Crippen molar-refractivity contribution in [3.8, 4) is 0 Å². The van der Waals surface area contributed by atoms with Crippen LogP contribution < -0.4 is 10.9 Å². The van der Waals surface area contributed by atoms with Crippen LogP contribution in [-0.4, -0.2) is 29.0 Å². The van der Waals surface area contributed by atoms with Gasteiger partial charge in [-0.05, 0) is 31.0 Å². The van der Waals surface area contributed by atoms with E-state index >= 15 is 0 Å². The van der Waals surface area contributed by atoms with E-state index in [0.717, 1.165) is 37.3 Å². The minimum Gasteiger partial charge on any atom is -0.326 e. The second-order valence-electron chi connectivity index (χ2n) is 6.11. The summed E-state index contributed by atoms with van der Waals surface area (Å²) in [5.41, 5.74) is 3.44. The largest absolute Gasteiger partial charge is 0.326 e. The molecule has 1 aliphatic heterocycles. The topological polar surface area (TPSA) is 48.1 Å². The van der Waals surface area contributed by atoms with Crippen LogP contribution in [0.2, 0.25) is 0 Å². The lowest BCUT2D eigenvalue weighted by Crippen LogP contribution is -2.34. The van der Waals surface area contributed by atoms with E-state index in [2.05, 4.69) is 28.2 Å². The molecule has 0 unspecified atom stereocenters. The number of hydrogen-bond donors (Lipinski definition) is 2. The Morgan fingerprint density at radius 2 is 2.20 bits per heavy atom. The fourth-order valence-corrected chi connectivity index (χ4v) is 3.40. The Bertz CT molecular complexity index is 517. The number of pyridine rings is 1. The van der Waals surface area contributed by atoms with Crippen LogP contribution in [0.3, 0.4) is 0 Å². The van der Waals surface area contributed by atoms with Gasteiger partial charge >= 0.3 is 0 Å². The summed E-state index contributed by atoms with van der Waals surface area (Å²) in [6.45, 7) is 6.00. The molecule has 3 rings (SSSR count). The first-order chi connectivity index (χ1) is 9.76. The Kier molecular flexibility index (Phi) is 4.22. The standard InChI is InChI=1S/C16H25N3O/c1-2-19-8-7-15-13(11-19)9-12(16(20)18-15)10-17-14-5-3-4-6-14/h9,14,17H,2-8,10-11H2,1H3,(H,18,20). The van der Waals surface area contributed by atoms with Crippen LogP contribution >= 0.6 is 0 Å². The number of aromatic amines is 1.